The Morgan fingerprint density at radius 2 is 2.20 bits per heavy atom. The fraction of sp³-hybridized carbons (Fsp3) is 0.412. The van der Waals surface area contributed by atoms with Crippen LogP contribution in [0.2, 0.25) is 0 Å². The smallest absolute Gasteiger partial charge is 0.194 e. The van der Waals surface area contributed by atoms with E-state index in [9.17, 15) is 8.78 Å². The second kappa shape index (κ2) is 8.87. The zero-order valence-corrected chi connectivity index (χ0v) is 15.5. The maximum Gasteiger partial charge on any atom is 0.194 e. The Balaban J connectivity index is 1.98. The number of benzene rings is 1. The fourth-order valence-electron chi connectivity index (χ4n) is 2.24. The van der Waals surface area contributed by atoms with Gasteiger partial charge in [-0.1, -0.05) is 0 Å². The van der Waals surface area contributed by atoms with Crippen LogP contribution in [0.15, 0.2) is 28.6 Å². The molecule has 0 spiro atoms. The van der Waals surface area contributed by atoms with Crippen LogP contribution in [0.1, 0.15) is 29.3 Å². The van der Waals surface area contributed by atoms with E-state index in [-0.39, 0.29) is 18.2 Å². The lowest BCUT2D eigenvalue weighted by molar-refractivity contribution is 0.119. The average Bonchev–Trinajstić information content (AvgIpc) is 3.06. The van der Waals surface area contributed by atoms with Gasteiger partial charge in [0.25, 0.3) is 0 Å². The highest BCUT2D eigenvalue weighted by molar-refractivity contribution is 7.09. The molecule has 5 nitrogen and oxygen atoms in total. The lowest BCUT2D eigenvalue weighted by atomic mass is 10.2. The van der Waals surface area contributed by atoms with Crippen molar-refractivity contribution in [3.8, 4) is 0 Å². The number of methoxy groups -OCH3 is 1. The molecule has 1 unspecified atom stereocenters. The number of nitrogens with one attached hydrogen (secondary N) is 1. The Bertz CT molecular complexity index is 735. The molecule has 1 aromatic carbocycles. The maximum atomic E-state index is 13.7. The maximum absolute atomic E-state index is 13.7. The molecule has 0 aliphatic rings. The van der Waals surface area contributed by atoms with Crippen molar-refractivity contribution in [2.45, 2.75) is 26.1 Å². The molecule has 0 radical (unpaired) electrons. The van der Waals surface area contributed by atoms with Crippen LogP contribution in [0, 0.1) is 11.6 Å². The summed E-state index contributed by atoms with van der Waals surface area (Å²) in [5.41, 5.74) is 1.14. The van der Waals surface area contributed by atoms with Crippen molar-refractivity contribution in [1.29, 1.82) is 0 Å². The van der Waals surface area contributed by atoms with Crippen LogP contribution in [0.5, 0.6) is 0 Å². The summed E-state index contributed by atoms with van der Waals surface area (Å²) in [6, 6.07) is 3.39. The van der Waals surface area contributed by atoms with E-state index in [1.165, 1.54) is 6.07 Å². The third-order valence-corrected chi connectivity index (χ3v) is 4.74. The van der Waals surface area contributed by atoms with Crippen molar-refractivity contribution in [3.63, 3.8) is 0 Å². The summed E-state index contributed by atoms with van der Waals surface area (Å²) in [7, 11) is 5.14. The summed E-state index contributed by atoms with van der Waals surface area (Å²) < 4.78 is 32.2. The van der Waals surface area contributed by atoms with E-state index in [0.717, 1.165) is 22.8 Å². The molecule has 0 amide bonds. The minimum absolute atomic E-state index is 0.0440. The van der Waals surface area contributed by atoms with Gasteiger partial charge in [0.15, 0.2) is 5.96 Å². The van der Waals surface area contributed by atoms with Gasteiger partial charge in [0.1, 0.15) is 22.7 Å². The molecule has 1 N–H and O–H groups in total. The zero-order chi connectivity index (χ0) is 18.4. The zero-order valence-electron chi connectivity index (χ0n) is 14.7. The molecule has 2 aromatic rings. The summed E-state index contributed by atoms with van der Waals surface area (Å²) in [6.45, 7) is 2.63. The number of aromatic nitrogens is 1. The molecule has 0 aliphatic carbocycles. The Labute approximate surface area is 150 Å². The number of hydrogen-bond acceptors (Lipinski definition) is 4. The fourth-order valence-corrected chi connectivity index (χ4v) is 3.08. The van der Waals surface area contributed by atoms with Crippen molar-refractivity contribution in [2.75, 3.05) is 21.2 Å². The monoisotopic (exact) mass is 368 g/mol. The number of halogens is 2. The van der Waals surface area contributed by atoms with E-state index in [4.69, 9.17) is 4.74 Å². The molecule has 0 bridgehead atoms. The summed E-state index contributed by atoms with van der Waals surface area (Å²) in [4.78, 5) is 10.6. The van der Waals surface area contributed by atoms with Gasteiger partial charge < -0.3 is 15.0 Å². The molecule has 1 atom stereocenters. The van der Waals surface area contributed by atoms with Crippen molar-refractivity contribution in [2.24, 2.45) is 4.99 Å². The SMILES string of the molecule is CN=C(NCc1cc(F)ccc1F)N(C)Cc1csc(C(C)OC)n1. The molecule has 0 fully saturated rings. The highest BCUT2D eigenvalue weighted by Gasteiger charge is 2.13. The van der Waals surface area contributed by atoms with Gasteiger partial charge in [-0.15, -0.1) is 11.3 Å². The third kappa shape index (κ3) is 5.20. The first-order valence-electron chi connectivity index (χ1n) is 7.77. The highest BCUT2D eigenvalue weighted by atomic mass is 32.1. The van der Waals surface area contributed by atoms with Gasteiger partial charge in [-0.2, -0.15) is 0 Å². The number of nitrogens with zero attached hydrogens (tertiary/aromatic N) is 3. The molecule has 1 aromatic heterocycles. The topological polar surface area (TPSA) is 49.8 Å². The molecule has 8 heteroatoms. The van der Waals surface area contributed by atoms with Gasteiger partial charge >= 0.3 is 0 Å². The Hall–Kier alpha value is -2.06. The standard InChI is InChI=1S/C17H22F2N4OS/c1-11(24-4)16-22-14(10-25-16)9-23(3)17(20-2)21-8-12-7-13(18)5-6-15(12)19/h5-7,10-11H,8-9H2,1-4H3,(H,20,21). The molecule has 0 saturated carbocycles. The minimum Gasteiger partial charge on any atom is -0.375 e. The van der Waals surface area contributed by atoms with Crippen molar-refractivity contribution in [1.82, 2.24) is 15.2 Å². The van der Waals surface area contributed by atoms with Crippen LogP contribution in [-0.2, 0) is 17.8 Å². The second-order valence-electron chi connectivity index (χ2n) is 5.55. The van der Waals surface area contributed by atoms with Gasteiger partial charge in [0.05, 0.1) is 12.2 Å². The lowest BCUT2D eigenvalue weighted by Crippen LogP contribution is -2.38. The van der Waals surface area contributed by atoms with Crippen LogP contribution in [0.25, 0.3) is 0 Å². The van der Waals surface area contributed by atoms with Gasteiger partial charge in [0.2, 0.25) is 0 Å². The van der Waals surface area contributed by atoms with Crippen molar-refractivity contribution < 1.29 is 13.5 Å². The van der Waals surface area contributed by atoms with Crippen LogP contribution in [-0.4, -0.2) is 37.0 Å². The lowest BCUT2D eigenvalue weighted by Gasteiger charge is -2.21. The molecular weight excluding hydrogens is 346 g/mol. The van der Waals surface area contributed by atoms with Crippen LogP contribution >= 0.6 is 11.3 Å². The van der Waals surface area contributed by atoms with E-state index < -0.39 is 11.6 Å². The summed E-state index contributed by atoms with van der Waals surface area (Å²) >= 11 is 1.54. The first-order valence-corrected chi connectivity index (χ1v) is 8.65. The van der Waals surface area contributed by atoms with Gasteiger partial charge in [0, 0.05) is 38.7 Å². The van der Waals surface area contributed by atoms with E-state index in [1.807, 2.05) is 24.3 Å². The number of ether oxygens (including phenoxy) is 1. The molecule has 136 valence electrons. The highest BCUT2D eigenvalue weighted by Crippen LogP contribution is 2.21. The molecule has 0 aliphatic heterocycles. The summed E-state index contributed by atoms with van der Waals surface area (Å²) in [5, 5.41) is 5.92. The van der Waals surface area contributed by atoms with E-state index in [0.29, 0.717) is 12.5 Å². The summed E-state index contributed by atoms with van der Waals surface area (Å²) in [6.07, 6.45) is -0.0440. The Morgan fingerprint density at radius 3 is 2.88 bits per heavy atom. The number of aliphatic imine (C=N–C) groups is 1. The average molecular weight is 368 g/mol. The minimum atomic E-state index is -0.469. The number of hydrogen-bond donors (Lipinski definition) is 1. The predicted molar refractivity (Wildman–Crippen MR) is 95.6 cm³/mol. The molecular formula is C17H22F2N4OS. The van der Waals surface area contributed by atoms with Gasteiger partial charge in [-0.25, -0.2) is 13.8 Å². The molecule has 2 rings (SSSR count). The Kier molecular flexibility index (Phi) is 6.83. The van der Waals surface area contributed by atoms with Gasteiger partial charge in [-0.3, -0.25) is 4.99 Å². The van der Waals surface area contributed by atoms with Gasteiger partial charge in [-0.05, 0) is 25.1 Å². The first kappa shape index (κ1) is 19.3. The van der Waals surface area contributed by atoms with Crippen molar-refractivity contribution >= 4 is 17.3 Å². The van der Waals surface area contributed by atoms with E-state index in [1.54, 1.807) is 25.5 Å². The van der Waals surface area contributed by atoms with Crippen molar-refractivity contribution in [3.05, 3.63) is 51.5 Å². The number of rotatable bonds is 6. The second-order valence-corrected chi connectivity index (χ2v) is 6.44. The molecule has 25 heavy (non-hydrogen) atoms. The largest absolute Gasteiger partial charge is 0.375 e. The number of thiazole rings is 1. The third-order valence-electron chi connectivity index (χ3n) is 3.69. The van der Waals surface area contributed by atoms with Crippen LogP contribution in [0.4, 0.5) is 8.78 Å². The molecule has 1 heterocycles. The first-order chi connectivity index (χ1) is 11.9. The van der Waals surface area contributed by atoms with E-state index >= 15 is 0 Å². The molecule has 0 saturated heterocycles. The van der Waals surface area contributed by atoms with E-state index in [2.05, 4.69) is 15.3 Å². The number of guanidine groups is 1. The normalized spacial score (nSPS) is 13.0. The van der Waals surface area contributed by atoms with Crippen LogP contribution in [0.3, 0.4) is 0 Å². The van der Waals surface area contributed by atoms with Crippen LogP contribution < -0.4 is 5.32 Å². The quantitative estimate of drug-likeness (QED) is 0.628. The predicted octanol–water partition coefficient (Wildman–Crippen LogP) is 3.34. The Morgan fingerprint density at radius 1 is 1.44 bits per heavy atom. The summed E-state index contributed by atoms with van der Waals surface area (Å²) in [5.74, 6) is -0.355.